The van der Waals surface area contributed by atoms with E-state index in [1.807, 2.05) is 146 Å². The van der Waals surface area contributed by atoms with Crippen LogP contribution in [0.1, 0.15) is 11.1 Å². The van der Waals surface area contributed by atoms with Crippen molar-refractivity contribution in [2.24, 2.45) is 0 Å². The Kier molecular flexibility index (Phi) is 7.59. The highest BCUT2D eigenvalue weighted by atomic mass is 31.2. The van der Waals surface area contributed by atoms with E-state index < -0.39 is 14.3 Å². The topological polar surface area (TPSA) is 34.1 Å². The SMILES string of the molecule is O=P(C#Cc1ccc(C#CP(=O)(c2ccccc2)c2ccccc2)cc1)(c1ccccc1)c1ccccc1. The molecule has 0 aliphatic heterocycles. The van der Waals surface area contributed by atoms with Crippen LogP contribution in [0.25, 0.3) is 0 Å². The van der Waals surface area contributed by atoms with Gasteiger partial charge in [-0.2, -0.15) is 0 Å². The molecular weight excluding hydrogens is 502 g/mol. The average molecular weight is 527 g/mol. The summed E-state index contributed by atoms with van der Waals surface area (Å²) >= 11 is 0. The van der Waals surface area contributed by atoms with Crippen molar-refractivity contribution in [1.29, 1.82) is 0 Å². The number of hydrogen-bond acceptors (Lipinski definition) is 2. The molecule has 2 nitrogen and oxygen atoms in total. The van der Waals surface area contributed by atoms with Crippen LogP contribution < -0.4 is 21.2 Å². The Labute approximate surface area is 224 Å². The molecule has 0 spiro atoms. The molecule has 0 atom stereocenters. The van der Waals surface area contributed by atoms with E-state index >= 15 is 0 Å². The summed E-state index contributed by atoms with van der Waals surface area (Å²) in [4.78, 5) is 0. The second kappa shape index (κ2) is 11.4. The lowest BCUT2D eigenvalue weighted by Gasteiger charge is -2.12. The first-order valence-electron chi connectivity index (χ1n) is 12.2. The molecule has 0 saturated heterocycles. The van der Waals surface area contributed by atoms with Crippen molar-refractivity contribution in [3.8, 4) is 23.2 Å². The minimum Gasteiger partial charge on any atom is -0.300 e. The van der Waals surface area contributed by atoms with Crippen LogP contribution in [0.2, 0.25) is 0 Å². The smallest absolute Gasteiger partial charge is 0.211 e. The Bertz CT molecular complexity index is 1520. The molecule has 0 heterocycles. The van der Waals surface area contributed by atoms with Crippen LogP contribution in [0.5, 0.6) is 0 Å². The molecule has 38 heavy (non-hydrogen) atoms. The lowest BCUT2D eigenvalue weighted by atomic mass is 10.1. The van der Waals surface area contributed by atoms with Gasteiger partial charge in [-0.3, -0.25) is 9.13 Å². The van der Waals surface area contributed by atoms with Crippen LogP contribution in [0.3, 0.4) is 0 Å². The van der Waals surface area contributed by atoms with Gasteiger partial charge in [0.1, 0.15) is 0 Å². The summed E-state index contributed by atoms with van der Waals surface area (Å²) in [5.41, 5.74) is 7.64. The molecule has 0 N–H and O–H groups in total. The Hall–Kier alpha value is -4.32. The van der Waals surface area contributed by atoms with Gasteiger partial charge < -0.3 is 0 Å². The zero-order valence-electron chi connectivity index (χ0n) is 20.6. The summed E-state index contributed by atoms with van der Waals surface area (Å²) in [6, 6.07) is 44.9. The molecule has 0 aliphatic carbocycles. The van der Waals surface area contributed by atoms with Gasteiger partial charge in [0.2, 0.25) is 14.3 Å². The molecular formula is C34H24O2P2. The fraction of sp³-hybridized carbons (Fsp3) is 0. The number of benzene rings is 5. The van der Waals surface area contributed by atoms with Gasteiger partial charge in [-0.1, -0.05) is 133 Å². The van der Waals surface area contributed by atoms with Crippen molar-refractivity contribution in [2.45, 2.75) is 0 Å². The van der Waals surface area contributed by atoms with E-state index in [9.17, 15) is 9.13 Å². The molecule has 0 radical (unpaired) electrons. The van der Waals surface area contributed by atoms with Gasteiger partial charge in [-0.15, -0.1) is 0 Å². The predicted molar refractivity (Wildman–Crippen MR) is 160 cm³/mol. The zero-order valence-corrected chi connectivity index (χ0v) is 22.4. The number of rotatable bonds is 4. The Balaban J connectivity index is 1.47. The first kappa shape index (κ1) is 25.3. The van der Waals surface area contributed by atoms with Gasteiger partial charge >= 0.3 is 0 Å². The van der Waals surface area contributed by atoms with E-state index in [1.165, 1.54) is 0 Å². The van der Waals surface area contributed by atoms with Crippen molar-refractivity contribution in [1.82, 2.24) is 0 Å². The highest BCUT2D eigenvalue weighted by molar-refractivity contribution is 7.83. The van der Waals surface area contributed by atoms with Crippen LogP contribution in [-0.2, 0) is 9.13 Å². The molecule has 0 bridgehead atoms. The van der Waals surface area contributed by atoms with Crippen molar-refractivity contribution >= 4 is 35.5 Å². The highest BCUT2D eigenvalue weighted by Gasteiger charge is 2.25. The van der Waals surface area contributed by atoms with Crippen LogP contribution in [0, 0.1) is 23.2 Å². The molecule has 0 aromatic heterocycles. The molecule has 5 aromatic rings. The summed E-state index contributed by atoms with van der Waals surface area (Å²) in [7, 11) is -6.26. The predicted octanol–water partition coefficient (Wildman–Crippen LogP) is 6.33. The molecule has 4 heteroatoms. The van der Waals surface area contributed by atoms with Crippen molar-refractivity contribution in [2.75, 3.05) is 0 Å². The Morgan fingerprint density at radius 3 is 0.816 bits per heavy atom. The fourth-order valence-corrected chi connectivity index (χ4v) is 8.09. The monoisotopic (exact) mass is 526 g/mol. The van der Waals surface area contributed by atoms with Crippen LogP contribution in [-0.4, -0.2) is 0 Å². The molecule has 182 valence electrons. The van der Waals surface area contributed by atoms with Gasteiger partial charge in [0.15, 0.2) is 0 Å². The first-order chi connectivity index (χ1) is 18.6. The normalized spacial score (nSPS) is 10.9. The van der Waals surface area contributed by atoms with E-state index in [0.29, 0.717) is 21.2 Å². The minimum atomic E-state index is -3.13. The Morgan fingerprint density at radius 2 is 0.579 bits per heavy atom. The molecule has 0 aliphatic rings. The third-order valence-corrected chi connectivity index (χ3v) is 11.0. The van der Waals surface area contributed by atoms with Gasteiger partial charge in [0, 0.05) is 32.3 Å². The van der Waals surface area contributed by atoms with E-state index in [1.54, 1.807) is 0 Å². The highest BCUT2D eigenvalue weighted by Crippen LogP contribution is 2.43. The van der Waals surface area contributed by atoms with Crippen LogP contribution >= 0.6 is 14.3 Å². The van der Waals surface area contributed by atoms with E-state index in [-0.39, 0.29) is 0 Å². The maximum absolute atomic E-state index is 14.1. The number of hydrogen-bond donors (Lipinski definition) is 0. The molecule has 5 aromatic carbocycles. The summed E-state index contributed by atoms with van der Waals surface area (Å²) in [6.45, 7) is 0. The second-order valence-corrected chi connectivity index (χ2v) is 13.6. The van der Waals surface area contributed by atoms with E-state index in [4.69, 9.17) is 0 Å². The third kappa shape index (κ3) is 5.49. The van der Waals surface area contributed by atoms with Crippen molar-refractivity contribution in [3.63, 3.8) is 0 Å². The van der Waals surface area contributed by atoms with Crippen LogP contribution in [0.4, 0.5) is 0 Å². The average Bonchev–Trinajstić information content (AvgIpc) is 3.01. The maximum atomic E-state index is 14.1. The quantitative estimate of drug-likeness (QED) is 0.203. The van der Waals surface area contributed by atoms with Crippen LogP contribution in [0.15, 0.2) is 146 Å². The lowest BCUT2D eigenvalue weighted by molar-refractivity contribution is 0.592. The third-order valence-electron chi connectivity index (χ3n) is 6.08. The van der Waals surface area contributed by atoms with Gasteiger partial charge in [-0.25, -0.2) is 0 Å². The van der Waals surface area contributed by atoms with Crippen molar-refractivity contribution in [3.05, 3.63) is 157 Å². The molecule has 0 saturated carbocycles. The largest absolute Gasteiger partial charge is 0.300 e. The summed E-state index contributed by atoms with van der Waals surface area (Å²) in [5.74, 6) is 6.23. The molecule has 0 amide bonds. The summed E-state index contributed by atoms with van der Waals surface area (Å²) in [6.07, 6.45) is 0. The standard InChI is InChI=1S/C34H24O2P2/c35-37(31-13-5-1-6-14-31,32-15-7-2-8-16-32)27-25-29-21-23-30(24-22-29)26-28-38(36,33-17-9-3-10-18-33)34-19-11-4-12-20-34/h1-24H. The minimum absolute atomic E-state index is 0.707. The molecule has 0 fully saturated rings. The summed E-state index contributed by atoms with van der Waals surface area (Å²) < 4.78 is 28.2. The fourth-order valence-electron chi connectivity index (χ4n) is 4.03. The first-order valence-corrected chi connectivity index (χ1v) is 15.6. The molecule has 5 rings (SSSR count). The zero-order chi connectivity index (χ0) is 26.3. The molecule has 0 unspecified atom stereocenters. The van der Waals surface area contributed by atoms with E-state index in [2.05, 4.69) is 23.2 Å². The van der Waals surface area contributed by atoms with E-state index in [0.717, 1.165) is 11.1 Å². The Morgan fingerprint density at radius 1 is 0.342 bits per heavy atom. The van der Waals surface area contributed by atoms with Gasteiger partial charge in [0.25, 0.3) is 0 Å². The summed E-state index contributed by atoms with van der Waals surface area (Å²) in [5, 5.41) is 2.83. The van der Waals surface area contributed by atoms with Gasteiger partial charge in [0.05, 0.1) is 0 Å². The lowest BCUT2D eigenvalue weighted by Crippen LogP contribution is -2.14. The van der Waals surface area contributed by atoms with Crippen molar-refractivity contribution < 1.29 is 9.13 Å². The second-order valence-electron chi connectivity index (χ2n) is 8.61. The maximum Gasteiger partial charge on any atom is 0.211 e. The van der Waals surface area contributed by atoms with Gasteiger partial charge in [-0.05, 0) is 35.6 Å².